The minimum Gasteiger partial charge on any atom is -0.481 e. The molecule has 1 aromatic carbocycles. The van der Waals surface area contributed by atoms with Gasteiger partial charge in [0.2, 0.25) is 0 Å². The third-order valence-corrected chi connectivity index (χ3v) is 2.92. The third-order valence-electron chi connectivity index (χ3n) is 2.01. The Kier molecular flexibility index (Phi) is 3.71. The van der Waals surface area contributed by atoms with Crippen molar-refractivity contribution in [2.45, 2.75) is 13.0 Å². The third kappa shape index (κ3) is 3.00. The molecule has 0 fully saturated rings. The molecule has 2 rings (SSSR count). The maximum atomic E-state index is 5.87. The molecular formula is C10H8Cl2N2O2S. The Labute approximate surface area is 112 Å². The zero-order chi connectivity index (χ0) is 12.4. The molecule has 0 spiro atoms. The SMILES string of the molecule is CC(Oc1ccc(Cl)c(Cl)c1)c1n[nH]c(=S)o1. The molecule has 0 saturated heterocycles. The zero-order valence-electron chi connectivity index (χ0n) is 8.74. The summed E-state index contributed by atoms with van der Waals surface area (Å²) in [5.74, 6) is 0.956. The smallest absolute Gasteiger partial charge is 0.284 e. The monoisotopic (exact) mass is 290 g/mol. The molecule has 0 aliphatic rings. The summed E-state index contributed by atoms with van der Waals surface area (Å²) in [6.45, 7) is 1.79. The van der Waals surface area contributed by atoms with Crippen LogP contribution in [0.25, 0.3) is 0 Å². The lowest BCUT2D eigenvalue weighted by molar-refractivity contribution is 0.187. The van der Waals surface area contributed by atoms with Crippen LogP contribution in [-0.2, 0) is 0 Å². The number of benzene rings is 1. The van der Waals surface area contributed by atoms with E-state index in [1.807, 2.05) is 0 Å². The maximum Gasteiger partial charge on any atom is 0.284 e. The van der Waals surface area contributed by atoms with E-state index in [-0.39, 0.29) is 10.9 Å². The lowest BCUT2D eigenvalue weighted by atomic mass is 10.3. The second-order valence-electron chi connectivity index (χ2n) is 3.29. The average Bonchev–Trinajstić information content (AvgIpc) is 2.70. The highest BCUT2D eigenvalue weighted by Gasteiger charge is 2.13. The average molecular weight is 291 g/mol. The molecule has 0 aliphatic heterocycles. The molecule has 4 nitrogen and oxygen atoms in total. The quantitative estimate of drug-likeness (QED) is 0.862. The molecule has 1 heterocycles. The summed E-state index contributed by atoms with van der Waals surface area (Å²) in [6, 6.07) is 5.00. The van der Waals surface area contributed by atoms with Gasteiger partial charge in [0.15, 0.2) is 6.10 Å². The van der Waals surface area contributed by atoms with E-state index in [0.29, 0.717) is 21.7 Å². The van der Waals surface area contributed by atoms with Gasteiger partial charge in [0.05, 0.1) is 10.0 Å². The summed E-state index contributed by atoms with van der Waals surface area (Å²) in [5.41, 5.74) is 0. The molecule has 2 aromatic rings. The largest absolute Gasteiger partial charge is 0.481 e. The Hall–Kier alpha value is -1.04. The van der Waals surface area contributed by atoms with Crippen LogP contribution in [0.1, 0.15) is 18.9 Å². The minimum absolute atomic E-state index is 0.213. The molecule has 17 heavy (non-hydrogen) atoms. The first-order valence-corrected chi connectivity index (χ1v) is 5.90. The van der Waals surface area contributed by atoms with Crippen LogP contribution in [-0.4, -0.2) is 10.2 Å². The fourth-order valence-corrected chi connectivity index (χ4v) is 1.64. The van der Waals surface area contributed by atoms with Crippen molar-refractivity contribution in [3.8, 4) is 5.75 Å². The number of hydrogen-bond acceptors (Lipinski definition) is 4. The van der Waals surface area contributed by atoms with Gasteiger partial charge >= 0.3 is 0 Å². The van der Waals surface area contributed by atoms with Crippen LogP contribution in [0.5, 0.6) is 5.75 Å². The van der Waals surface area contributed by atoms with Crippen LogP contribution < -0.4 is 4.74 Å². The topological polar surface area (TPSA) is 51.0 Å². The Bertz CT molecular complexity index is 582. The highest BCUT2D eigenvalue weighted by atomic mass is 35.5. The number of nitrogens with zero attached hydrogens (tertiary/aromatic N) is 1. The Balaban J connectivity index is 2.15. The van der Waals surface area contributed by atoms with Crippen molar-refractivity contribution in [2.75, 3.05) is 0 Å². The number of hydrogen-bond donors (Lipinski definition) is 1. The molecule has 0 aliphatic carbocycles. The second-order valence-corrected chi connectivity index (χ2v) is 4.47. The predicted octanol–water partition coefficient (Wildman–Crippen LogP) is 4.18. The van der Waals surface area contributed by atoms with Gasteiger partial charge in [-0.3, -0.25) is 0 Å². The molecule has 1 aromatic heterocycles. The molecular weight excluding hydrogens is 283 g/mol. The molecule has 1 atom stereocenters. The van der Waals surface area contributed by atoms with Gasteiger partial charge in [-0.2, -0.15) is 0 Å². The van der Waals surface area contributed by atoms with Gasteiger partial charge in [0.1, 0.15) is 5.75 Å². The van der Waals surface area contributed by atoms with E-state index in [0.717, 1.165) is 0 Å². The van der Waals surface area contributed by atoms with Gasteiger partial charge in [-0.1, -0.05) is 23.2 Å². The number of rotatable bonds is 3. The fourth-order valence-electron chi connectivity index (χ4n) is 1.22. The number of ether oxygens (including phenoxy) is 1. The number of halogens is 2. The van der Waals surface area contributed by atoms with Crippen molar-refractivity contribution in [3.63, 3.8) is 0 Å². The summed E-state index contributed by atoms with van der Waals surface area (Å²) >= 11 is 16.4. The van der Waals surface area contributed by atoms with Crippen LogP contribution in [0.3, 0.4) is 0 Å². The molecule has 90 valence electrons. The normalized spacial score (nSPS) is 12.4. The summed E-state index contributed by atoms with van der Waals surface area (Å²) in [5, 5.41) is 7.30. The first-order chi connectivity index (χ1) is 8.06. The van der Waals surface area contributed by atoms with Crippen molar-refractivity contribution >= 4 is 35.4 Å². The van der Waals surface area contributed by atoms with Crippen molar-refractivity contribution < 1.29 is 9.15 Å². The van der Waals surface area contributed by atoms with Gasteiger partial charge < -0.3 is 9.15 Å². The molecule has 1 N–H and O–H groups in total. The minimum atomic E-state index is -0.375. The Morgan fingerprint density at radius 3 is 2.76 bits per heavy atom. The van der Waals surface area contributed by atoms with E-state index >= 15 is 0 Å². The predicted molar refractivity (Wildman–Crippen MR) is 67.2 cm³/mol. The summed E-state index contributed by atoms with van der Waals surface area (Å²) in [6.07, 6.45) is -0.375. The van der Waals surface area contributed by atoms with Crippen LogP contribution >= 0.6 is 35.4 Å². The van der Waals surface area contributed by atoms with Gasteiger partial charge in [-0.25, -0.2) is 5.10 Å². The Morgan fingerprint density at radius 2 is 2.18 bits per heavy atom. The van der Waals surface area contributed by atoms with Gasteiger partial charge in [-0.15, -0.1) is 5.10 Å². The first-order valence-electron chi connectivity index (χ1n) is 4.73. The molecule has 0 saturated carbocycles. The van der Waals surface area contributed by atoms with Crippen LogP contribution in [0, 0.1) is 4.84 Å². The number of nitrogens with one attached hydrogen (secondary N) is 1. The van der Waals surface area contributed by atoms with Gasteiger partial charge in [-0.05, 0) is 31.3 Å². The first kappa shape index (κ1) is 12.4. The zero-order valence-corrected chi connectivity index (χ0v) is 11.1. The maximum absolute atomic E-state index is 5.87. The summed E-state index contributed by atoms with van der Waals surface area (Å²) in [7, 11) is 0. The highest BCUT2D eigenvalue weighted by Crippen LogP contribution is 2.28. The molecule has 0 radical (unpaired) electrons. The van der Waals surface area contributed by atoms with E-state index in [9.17, 15) is 0 Å². The summed E-state index contributed by atoms with van der Waals surface area (Å²) in [4.78, 5) is 0.213. The molecule has 0 amide bonds. The highest BCUT2D eigenvalue weighted by molar-refractivity contribution is 7.71. The van der Waals surface area contributed by atoms with E-state index in [4.69, 9.17) is 44.6 Å². The van der Waals surface area contributed by atoms with Crippen LogP contribution in [0.2, 0.25) is 10.0 Å². The second kappa shape index (κ2) is 5.08. The van der Waals surface area contributed by atoms with Crippen molar-refractivity contribution in [1.29, 1.82) is 0 Å². The van der Waals surface area contributed by atoms with E-state index in [1.165, 1.54) is 0 Å². The van der Waals surface area contributed by atoms with E-state index in [1.54, 1.807) is 25.1 Å². The lowest BCUT2D eigenvalue weighted by Gasteiger charge is -2.11. The van der Waals surface area contributed by atoms with Crippen molar-refractivity contribution in [1.82, 2.24) is 10.2 Å². The van der Waals surface area contributed by atoms with Crippen LogP contribution in [0.15, 0.2) is 22.6 Å². The number of aromatic nitrogens is 2. The number of aromatic amines is 1. The summed E-state index contributed by atoms with van der Waals surface area (Å²) < 4.78 is 10.7. The lowest BCUT2D eigenvalue weighted by Crippen LogP contribution is -2.03. The number of H-pyrrole nitrogens is 1. The van der Waals surface area contributed by atoms with E-state index in [2.05, 4.69) is 10.2 Å². The van der Waals surface area contributed by atoms with Gasteiger partial charge in [0.25, 0.3) is 10.7 Å². The van der Waals surface area contributed by atoms with E-state index < -0.39 is 0 Å². The fraction of sp³-hybridized carbons (Fsp3) is 0.200. The molecule has 1 unspecified atom stereocenters. The molecule has 7 heteroatoms. The molecule has 0 bridgehead atoms. The van der Waals surface area contributed by atoms with Crippen LogP contribution in [0.4, 0.5) is 0 Å². The Morgan fingerprint density at radius 1 is 1.41 bits per heavy atom. The van der Waals surface area contributed by atoms with Crippen molar-refractivity contribution in [2.24, 2.45) is 0 Å². The standard InChI is InChI=1S/C10H8Cl2N2O2S/c1-5(9-13-14-10(17)16-9)15-6-2-3-7(11)8(12)4-6/h2-5H,1H3,(H,14,17). The van der Waals surface area contributed by atoms with Gasteiger partial charge in [0, 0.05) is 6.07 Å². The van der Waals surface area contributed by atoms with Crippen molar-refractivity contribution in [3.05, 3.63) is 39.0 Å².